The summed E-state index contributed by atoms with van der Waals surface area (Å²) in [7, 11) is 0. The normalized spacial score (nSPS) is 22.8. The minimum Gasteiger partial charge on any atom is -0.354 e. The number of amides is 2. The van der Waals surface area contributed by atoms with Gasteiger partial charge in [-0.25, -0.2) is 0 Å². The van der Waals surface area contributed by atoms with Crippen molar-refractivity contribution in [1.82, 2.24) is 15.5 Å². The summed E-state index contributed by atoms with van der Waals surface area (Å²) in [5.74, 6) is 0.158. The number of rotatable bonds is 5. The maximum atomic E-state index is 12.6. The number of nitrogens with zero attached hydrogens (tertiary/aromatic N) is 2. The number of non-ortho nitro benzene ring substituents is 1. The fourth-order valence-electron chi connectivity index (χ4n) is 3.60. The molecule has 2 heterocycles. The molecule has 2 atom stereocenters. The number of hydrogen-bond donors (Lipinski definition) is 2. The highest BCUT2D eigenvalue weighted by Gasteiger charge is 2.27. The van der Waals surface area contributed by atoms with E-state index in [1.54, 1.807) is 4.90 Å². The smallest absolute Gasteiger partial charge is 0.269 e. The Labute approximate surface area is 152 Å². The Kier molecular flexibility index (Phi) is 5.82. The van der Waals surface area contributed by atoms with E-state index in [9.17, 15) is 19.7 Å². The second-order valence-corrected chi connectivity index (χ2v) is 6.96. The van der Waals surface area contributed by atoms with E-state index in [0.717, 1.165) is 32.2 Å². The van der Waals surface area contributed by atoms with Crippen molar-refractivity contribution >= 4 is 17.5 Å². The van der Waals surface area contributed by atoms with E-state index in [2.05, 4.69) is 10.6 Å². The van der Waals surface area contributed by atoms with Crippen LogP contribution in [0.4, 0.5) is 5.69 Å². The first-order valence-corrected chi connectivity index (χ1v) is 9.09. The molecule has 0 spiro atoms. The van der Waals surface area contributed by atoms with E-state index in [1.165, 1.54) is 24.3 Å². The van der Waals surface area contributed by atoms with Crippen molar-refractivity contribution in [2.45, 2.75) is 31.7 Å². The van der Waals surface area contributed by atoms with Crippen molar-refractivity contribution in [1.29, 1.82) is 0 Å². The van der Waals surface area contributed by atoms with Crippen LogP contribution in [0.25, 0.3) is 0 Å². The number of nitro benzene ring substituents is 1. The molecule has 2 aliphatic heterocycles. The molecule has 0 saturated carbocycles. The highest BCUT2D eigenvalue weighted by molar-refractivity contribution is 5.94. The predicted molar refractivity (Wildman–Crippen MR) is 95.8 cm³/mol. The molecule has 2 aliphatic rings. The zero-order chi connectivity index (χ0) is 18.5. The molecule has 2 N–H and O–H groups in total. The molecule has 8 heteroatoms. The van der Waals surface area contributed by atoms with E-state index in [-0.39, 0.29) is 29.5 Å². The van der Waals surface area contributed by atoms with Crippen LogP contribution in [0.5, 0.6) is 0 Å². The van der Waals surface area contributed by atoms with Gasteiger partial charge in [-0.3, -0.25) is 19.7 Å². The van der Waals surface area contributed by atoms with Crippen molar-refractivity contribution in [2.24, 2.45) is 5.92 Å². The van der Waals surface area contributed by atoms with Gasteiger partial charge in [0, 0.05) is 37.3 Å². The van der Waals surface area contributed by atoms with E-state index >= 15 is 0 Å². The maximum Gasteiger partial charge on any atom is 0.269 e. The Balaban J connectivity index is 1.53. The summed E-state index contributed by atoms with van der Waals surface area (Å²) >= 11 is 0. The van der Waals surface area contributed by atoms with E-state index in [1.807, 2.05) is 0 Å². The molecule has 0 aliphatic carbocycles. The molecule has 8 nitrogen and oxygen atoms in total. The number of carbonyl (C=O) groups excluding carboxylic acids is 2. The summed E-state index contributed by atoms with van der Waals surface area (Å²) in [5, 5.41) is 16.9. The minimum atomic E-state index is -0.479. The van der Waals surface area contributed by atoms with Crippen molar-refractivity contribution < 1.29 is 14.5 Å². The summed E-state index contributed by atoms with van der Waals surface area (Å²) in [4.78, 5) is 36.7. The second-order valence-electron chi connectivity index (χ2n) is 6.96. The molecule has 2 saturated heterocycles. The van der Waals surface area contributed by atoms with Crippen LogP contribution >= 0.6 is 0 Å². The zero-order valence-corrected chi connectivity index (χ0v) is 14.6. The van der Waals surface area contributed by atoms with E-state index in [4.69, 9.17) is 0 Å². The van der Waals surface area contributed by atoms with Gasteiger partial charge in [-0.15, -0.1) is 0 Å². The van der Waals surface area contributed by atoms with Crippen molar-refractivity contribution in [3.8, 4) is 0 Å². The molecule has 140 valence electrons. The van der Waals surface area contributed by atoms with E-state index in [0.29, 0.717) is 25.2 Å². The molecule has 26 heavy (non-hydrogen) atoms. The van der Waals surface area contributed by atoms with Crippen LogP contribution < -0.4 is 10.6 Å². The average Bonchev–Trinajstić information content (AvgIpc) is 3.21. The Hall–Kier alpha value is -2.48. The molecule has 0 aromatic heterocycles. The SMILES string of the molecule is O=C(NCC1CCCN(C(=O)c2ccc([N+](=O)[O-])cc2)C1)C1CCCN1. The summed E-state index contributed by atoms with van der Waals surface area (Å²) in [6, 6.07) is 5.61. The minimum absolute atomic E-state index is 0.0266. The highest BCUT2D eigenvalue weighted by atomic mass is 16.6. The third kappa shape index (κ3) is 4.37. The summed E-state index contributed by atoms with van der Waals surface area (Å²) in [6.07, 6.45) is 3.77. The third-order valence-electron chi connectivity index (χ3n) is 5.07. The lowest BCUT2D eigenvalue weighted by Crippen LogP contribution is -2.46. The summed E-state index contributed by atoms with van der Waals surface area (Å²) in [6.45, 7) is 2.72. The van der Waals surface area contributed by atoms with Gasteiger partial charge in [-0.05, 0) is 50.3 Å². The lowest BCUT2D eigenvalue weighted by Gasteiger charge is -2.33. The Morgan fingerprint density at radius 1 is 1.23 bits per heavy atom. The van der Waals surface area contributed by atoms with Crippen molar-refractivity contribution in [3.63, 3.8) is 0 Å². The fourth-order valence-corrected chi connectivity index (χ4v) is 3.60. The van der Waals surface area contributed by atoms with Crippen molar-refractivity contribution in [3.05, 3.63) is 39.9 Å². The van der Waals surface area contributed by atoms with Crippen molar-refractivity contribution in [2.75, 3.05) is 26.2 Å². The molecule has 2 unspecified atom stereocenters. The Morgan fingerprint density at radius 3 is 2.65 bits per heavy atom. The number of nitro groups is 1. The predicted octanol–water partition coefficient (Wildman–Crippen LogP) is 1.32. The molecule has 1 aromatic carbocycles. The lowest BCUT2D eigenvalue weighted by molar-refractivity contribution is -0.384. The van der Waals surface area contributed by atoms with Gasteiger partial charge < -0.3 is 15.5 Å². The Bertz CT molecular complexity index is 670. The topological polar surface area (TPSA) is 105 Å². The van der Waals surface area contributed by atoms with Crippen LogP contribution in [0.2, 0.25) is 0 Å². The molecule has 2 fully saturated rings. The molecular formula is C18H24N4O4. The van der Waals surface area contributed by atoms with Gasteiger partial charge in [-0.2, -0.15) is 0 Å². The first-order valence-electron chi connectivity index (χ1n) is 9.09. The van der Waals surface area contributed by atoms with Crippen LogP contribution in [0, 0.1) is 16.0 Å². The molecule has 2 amide bonds. The van der Waals surface area contributed by atoms with Gasteiger partial charge in [0.15, 0.2) is 0 Å². The average molecular weight is 360 g/mol. The molecular weight excluding hydrogens is 336 g/mol. The van der Waals surface area contributed by atoms with E-state index < -0.39 is 4.92 Å². The largest absolute Gasteiger partial charge is 0.354 e. The number of likely N-dealkylation sites (tertiary alicyclic amines) is 1. The zero-order valence-electron chi connectivity index (χ0n) is 14.6. The van der Waals surface area contributed by atoms with Crippen LogP contribution in [0.15, 0.2) is 24.3 Å². The Morgan fingerprint density at radius 2 is 2.00 bits per heavy atom. The molecule has 0 bridgehead atoms. The molecule has 0 radical (unpaired) electrons. The first-order chi connectivity index (χ1) is 12.5. The summed E-state index contributed by atoms with van der Waals surface area (Å²) < 4.78 is 0. The number of piperidine rings is 1. The van der Waals surface area contributed by atoms with Crippen LogP contribution in [0.1, 0.15) is 36.0 Å². The number of nitrogens with one attached hydrogen (secondary N) is 2. The van der Waals surface area contributed by atoms with Crippen LogP contribution in [-0.2, 0) is 4.79 Å². The van der Waals surface area contributed by atoms with Gasteiger partial charge in [0.1, 0.15) is 0 Å². The van der Waals surface area contributed by atoms with Gasteiger partial charge in [0.05, 0.1) is 11.0 Å². The van der Waals surface area contributed by atoms with Gasteiger partial charge in [0.25, 0.3) is 11.6 Å². The monoisotopic (exact) mass is 360 g/mol. The maximum absolute atomic E-state index is 12.6. The number of benzene rings is 1. The van der Waals surface area contributed by atoms with Gasteiger partial charge in [0.2, 0.25) is 5.91 Å². The van der Waals surface area contributed by atoms with Crippen LogP contribution in [-0.4, -0.2) is 53.9 Å². The quantitative estimate of drug-likeness (QED) is 0.609. The summed E-state index contributed by atoms with van der Waals surface area (Å²) in [5.41, 5.74) is 0.428. The fraction of sp³-hybridized carbons (Fsp3) is 0.556. The van der Waals surface area contributed by atoms with Gasteiger partial charge >= 0.3 is 0 Å². The highest BCUT2D eigenvalue weighted by Crippen LogP contribution is 2.20. The molecule has 3 rings (SSSR count). The lowest BCUT2D eigenvalue weighted by atomic mass is 9.97. The number of hydrogen-bond acceptors (Lipinski definition) is 5. The van der Waals surface area contributed by atoms with Crippen LogP contribution in [0.3, 0.4) is 0 Å². The first kappa shape index (κ1) is 18.3. The molecule has 1 aromatic rings. The second kappa shape index (κ2) is 8.27. The third-order valence-corrected chi connectivity index (χ3v) is 5.07. The standard InChI is InChI=1S/C18H24N4O4/c23-17(16-4-1-9-19-16)20-11-13-3-2-10-21(12-13)18(24)14-5-7-15(8-6-14)22(25)26/h5-8,13,16,19H,1-4,9-12H2,(H,20,23). The van der Waals surface area contributed by atoms with Gasteiger partial charge in [-0.1, -0.05) is 0 Å². The number of carbonyl (C=O) groups is 2.